The van der Waals surface area contributed by atoms with E-state index in [1.54, 1.807) is 36.4 Å². The molecule has 122 valence electrons. The number of halogens is 1. The van der Waals surface area contributed by atoms with E-state index in [1.807, 2.05) is 6.92 Å². The lowest BCUT2D eigenvalue weighted by molar-refractivity contribution is 0.102. The predicted molar refractivity (Wildman–Crippen MR) is 90.1 cm³/mol. The van der Waals surface area contributed by atoms with Crippen molar-refractivity contribution >= 4 is 23.2 Å². The third-order valence-corrected chi connectivity index (χ3v) is 3.45. The Kier molecular flexibility index (Phi) is 5.71. The average Bonchev–Trinajstić information content (AvgIpc) is 2.56. The Morgan fingerprint density at radius 1 is 1.09 bits per heavy atom. The monoisotopic (exact) mass is 335 g/mol. The summed E-state index contributed by atoms with van der Waals surface area (Å²) >= 11 is 6.10. The van der Waals surface area contributed by atoms with Gasteiger partial charge in [-0.05, 0) is 37.3 Å². The number of carbonyl (C=O) groups is 1. The molecule has 6 heteroatoms. The molecule has 0 aromatic heterocycles. The summed E-state index contributed by atoms with van der Waals surface area (Å²) < 4.78 is 15.7. The molecule has 0 saturated carbocycles. The number of amides is 1. The van der Waals surface area contributed by atoms with Gasteiger partial charge in [-0.15, -0.1) is 0 Å². The Labute approximate surface area is 140 Å². The van der Waals surface area contributed by atoms with Gasteiger partial charge in [0.15, 0.2) is 0 Å². The molecule has 0 aliphatic heterocycles. The minimum absolute atomic E-state index is 0.271. The van der Waals surface area contributed by atoms with E-state index in [0.717, 1.165) is 0 Å². The van der Waals surface area contributed by atoms with Gasteiger partial charge in [-0.1, -0.05) is 11.6 Å². The number of anilines is 1. The second-order valence-corrected chi connectivity index (χ2v) is 5.01. The van der Waals surface area contributed by atoms with Crippen LogP contribution >= 0.6 is 11.6 Å². The minimum atomic E-state index is -0.271. The lowest BCUT2D eigenvalue weighted by Gasteiger charge is -2.13. The van der Waals surface area contributed by atoms with Crippen LogP contribution in [0.3, 0.4) is 0 Å². The van der Waals surface area contributed by atoms with E-state index in [0.29, 0.717) is 40.1 Å². The molecule has 5 nitrogen and oxygen atoms in total. The second-order valence-electron chi connectivity index (χ2n) is 4.60. The van der Waals surface area contributed by atoms with Crippen LogP contribution in [0.2, 0.25) is 5.02 Å². The van der Waals surface area contributed by atoms with Crippen molar-refractivity contribution in [1.82, 2.24) is 0 Å². The third kappa shape index (κ3) is 4.07. The molecule has 1 amide bonds. The number of benzene rings is 2. The summed E-state index contributed by atoms with van der Waals surface area (Å²) in [5, 5.41) is 3.16. The quantitative estimate of drug-likeness (QED) is 0.866. The van der Waals surface area contributed by atoms with Crippen molar-refractivity contribution in [3.8, 4) is 17.2 Å². The van der Waals surface area contributed by atoms with Gasteiger partial charge in [-0.2, -0.15) is 0 Å². The van der Waals surface area contributed by atoms with Crippen LogP contribution in [0, 0.1) is 0 Å². The molecule has 0 spiro atoms. The zero-order valence-electron chi connectivity index (χ0n) is 13.2. The Bertz CT molecular complexity index is 686. The molecule has 1 N–H and O–H groups in total. The molecule has 2 aromatic rings. The number of hydrogen-bond donors (Lipinski definition) is 1. The van der Waals surface area contributed by atoms with Gasteiger partial charge in [0, 0.05) is 11.6 Å². The van der Waals surface area contributed by atoms with E-state index in [1.165, 1.54) is 14.2 Å². The van der Waals surface area contributed by atoms with E-state index >= 15 is 0 Å². The number of rotatable bonds is 6. The Balaban J connectivity index is 2.20. The fraction of sp³-hybridized carbons (Fsp3) is 0.235. The van der Waals surface area contributed by atoms with E-state index in [2.05, 4.69) is 5.32 Å². The van der Waals surface area contributed by atoms with Crippen LogP contribution in [-0.4, -0.2) is 26.7 Å². The first-order chi connectivity index (χ1) is 11.1. The van der Waals surface area contributed by atoms with Crippen molar-refractivity contribution in [3.05, 3.63) is 47.0 Å². The fourth-order valence-corrected chi connectivity index (χ4v) is 2.26. The average molecular weight is 336 g/mol. The molecule has 2 aromatic carbocycles. The highest BCUT2D eigenvalue weighted by Gasteiger charge is 2.13. The van der Waals surface area contributed by atoms with Crippen LogP contribution in [-0.2, 0) is 0 Å². The molecule has 0 aliphatic rings. The number of carbonyl (C=O) groups excluding carboxylic acids is 1. The van der Waals surface area contributed by atoms with Crippen molar-refractivity contribution in [3.63, 3.8) is 0 Å². The number of nitrogens with one attached hydrogen (secondary N) is 1. The molecule has 0 bridgehead atoms. The van der Waals surface area contributed by atoms with E-state index in [4.69, 9.17) is 25.8 Å². The van der Waals surface area contributed by atoms with Crippen LogP contribution < -0.4 is 19.5 Å². The summed E-state index contributed by atoms with van der Waals surface area (Å²) in [4.78, 5) is 12.3. The van der Waals surface area contributed by atoms with Gasteiger partial charge >= 0.3 is 0 Å². The summed E-state index contributed by atoms with van der Waals surface area (Å²) in [6, 6.07) is 10.1. The molecule has 0 heterocycles. The zero-order chi connectivity index (χ0) is 16.8. The van der Waals surface area contributed by atoms with Crippen molar-refractivity contribution in [2.24, 2.45) is 0 Å². The largest absolute Gasteiger partial charge is 0.495 e. The summed E-state index contributed by atoms with van der Waals surface area (Å²) in [6.45, 7) is 2.48. The van der Waals surface area contributed by atoms with Crippen LogP contribution in [0.1, 0.15) is 17.3 Å². The third-order valence-electron chi connectivity index (χ3n) is 3.15. The lowest BCUT2D eigenvalue weighted by Crippen LogP contribution is -2.12. The Morgan fingerprint density at radius 2 is 1.74 bits per heavy atom. The number of methoxy groups -OCH3 is 2. The van der Waals surface area contributed by atoms with Gasteiger partial charge in [-0.3, -0.25) is 4.79 Å². The van der Waals surface area contributed by atoms with Crippen LogP contribution in [0.25, 0.3) is 0 Å². The van der Waals surface area contributed by atoms with Crippen LogP contribution in [0.5, 0.6) is 17.2 Å². The van der Waals surface area contributed by atoms with E-state index < -0.39 is 0 Å². The highest BCUT2D eigenvalue weighted by Crippen LogP contribution is 2.36. The van der Waals surface area contributed by atoms with Gasteiger partial charge < -0.3 is 19.5 Å². The second kappa shape index (κ2) is 7.74. The Hall–Kier alpha value is -2.40. The molecular weight excluding hydrogens is 318 g/mol. The normalized spacial score (nSPS) is 10.1. The minimum Gasteiger partial charge on any atom is -0.495 e. The number of ether oxygens (including phenoxy) is 3. The number of hydrogen-bond acceptors (Lipinski definition) is 4. The standard InChI is InChI=1S/C17H18ClNO4/c1-4-23-12-7-5-11(6-8-12)17(20)19-14-9-13(18)15(21-2)10-16(14)22-3/h5-10H,4H2,1-3H3,(H,19,20). The van der Waals surface area contributed by atoms with Gasteiger partial charge in [0.2, 0.25) is 0 Å². The van der Waals surface area contributed by atoms with Gasteiger partial charge in [-0.25, -0.2) is 0 Å². The highest BCUT2D eigenvalue weighted by atomic mass is 35.5. The van der Waals surface area contributed by atoms with Crippen molar-refractivity contribution in [2.75, 3.05) is 26.1 Å². The molecule has 0 radical (unpaired) electrons. The first-order valence-corrected chi connectivity index (χ1v) is 7.42. The van der Waals surface area contributed by atoms with Gasteiger partial charge in [0.25, 0.3) is 5.91 Å². The summed E-state index contributed by atoms with van der Waals surface area (Å²) in [6.07, 6.45) is 0. The maximum Gasteiger partial charge on any atom is 0.255 e. The van der Waals surface area contributed by atoms with Crippen molar-refractivity contribution < 1.29 is 19.0 Å². The molecule has 0 fully saturated rings. The van der Waals surface area contributed by atoms with Crippen LogP contribution in [0.4, 0.5) is 5.69 Å². The first kappa shape index (κ1) is 17.0. The topological polar surface area (TPSA) is 56.8 Å². The SMILES string of the molecule is CCOc1ccc(C(=O)Nc2cc(Cl)c(OC)cc2OC)cc1. The molecule has 0 aliphatic carbocycles. The highest BCUT2D eigenvalue weighted by molar-refractivity contribution is 6.32. The maximum atomic E-state index is 12.3. The molecule has 0 atom stereocenters. The van der Waals surface area contributed by atoms with E-state index in [9.17, 15) is 4.79 Å². The molecule has 2 rings (SSSR count). The zero-order valence-corrected chi connectivity index (χ0v) is 13.9. The van der Waals surface area contributed by atoms with Crippen LogP contribution in [0.15, 0.2) is 36.4 Å². The van der Waals surface area contributed by atoms with Crippen molar-refractivity contribution in [1.29, 1.82) is 0 Å². The van der Waals surface area contributed by atoms with E-state index in [-0.39, 0.29) is 5.91 Å². The summed E-state index contributed by atoms with van der Waals surface area (Å²) in [5.74, 6) is 1.38. The van der Waals surface area contributed by atoms with Gasteiger partial charge in [0.1, 0.15) is 17.2 Å². The Morgan fingerprint density at radius 3 is 2.30 bits per heavy atom. The van der Waals surface area contributed by atoms with Gasteiger partial charge in [0.05, 0.1) is 31.5 Å². The molecule has 23 heavy (non-hydrogen) atoms. The predicted octanol–water partition coefficient (Wildman–Crippen LogP) is 4.01. The lowest BCUT2D eigenvalue weighted by atomic mass is 10.2. The maximum absolute atomic E-state index is 12.3. The van der Waals surface area contributed by atoms with Crippen molar-refractivity contribution in [2.45, 2.75) is 6.92 Å². The summed E-state index contributed by atoms with van der Waals surface area (Å²) in [7, 11) is 3.02. The first-order valence-electron chi connectivity index (χ1n) is 7.04. The summed E-state index contributed by atoms with van der Waals surface area (Å²) in [5.41, 5.74) is 0.972. The molecule has 0 saturated heterocycles. The molecule has 0 unspecified atom stereocenters. The fourth-order valence-electron chi connectivity index (χ4n) is 2.02. The smallest absolute Gasteiger partial charge is 0.255 e. The molecular formula is C17H18ClNO4.